The number of nitrogens with one attached hydrogen (secondary N) is 2. The van der Waals surface area contributed by atoms with Crippen LogP contribution in [0.3, 0.4) is 0 Å². The highest BCUT2D eigenvalue weighted by Crippen LogP contribution is 2.04. The van der Waals surface area contributed by atoms with E-state index in [1.54, 1.807) is 13.8 Å². The molecule has 0 aromatic rings. The van der Waals surface area contributed by atoms with Gasteiger partial charge in [0.1, 0.15) is 6.04 Å². The van der Waals surface area contributed by atoms with Crippen molar-refractivity contribution in [1.82, 2.24) is 10.6 Å². The summed E-state index contributed by atoms with van der Waals surface area (Å²) in [5.41, 5.74) is 0. The topological polar surface area (TPSA) is 95.5 Å². The van der Waals surface area contributed by atoms with Crippen LogP contribution in [0.25, 0.3) is 0 Å². The van der Waals surface area contributed by atoms with E-state index in [2.05, 4.69) is 10.6 Å². The van der Waals surface area contributed by atoms with Gasteiger partial charge in [0.2, 0.25) is 11.8 Å². The lowest BCUT2D eigenvalue weighted by Gasteiger charge is -2.16. The molecular weight excluding hydrogens is 236 g/mol. The molecular formula is C12H22N2O4. The van der Waals surface area contributed by atoms with E-state index in [1.165, 1.54) is 0 Å². The molecule has 18 heavy (non-hydrogen) atoms. The third-order valence-corrected chi connectivity index (χ3v) is 2.29. The molecule has 0 fully saturated rings. The van der Waals surface area contributed by atoms with Crippen LogP contribution in [0.15, 0.2) is 0 Å². The van der Waals surface area contributed by atoms with Gasteiger partial charge >= 0.3 is 5.97 Å². The summed E-state index contributed by atoms with van der Waals surface area (Å²) in [4.78, 5) is 33.6. The van der Waals surface area contributed by atoms with Gasteiger partial charge in [-0.3, -0.25) is 9.59 Å². The van der Waals surface area contributed by atoms with E-state index >= 15 is 0 Å². The summed E-state index contributed by atoms with van der Waals surface area (Å²) in [6.07, 6.45) is 0.360. The molecule has 6 heteroatoms. The van der Waals surface area contributed by atoms with Crippen molar-refractivity contribution >= 4 is 17.8 Å². The second kappa shape index (κ2) is 7.68. The van der Waals surface area contributed by atoms with Gasteiger partial charge < -0.3 is 15.7 Å². The summed E-state index contributed by atoms with van der Waals surface area (Å²) >= 11 is 0. The monoisotopic (exact) mass is 258 g/mol. The predicted molar refractivity (Wildman–Crippen MR) is 66.9 cm³/mol. The standard InChI is InChI=1S/C12H22N2O4/c1-7(2)5-9(12(17)18)14-10(15)6-13-11(16)8(3)4/h7-9H,5-6H2,1-4H3,(H,13,16)(H,14,15)(H,17,18). The molecule has 0 bridgehead atoms. The first-order chi connectivity index (χ1) is 8.23. The van der Waals surface area contributed by atoms with E-state index < -0.39 is 17.9 Å². The zero-order valence-electron chi connectivity index (χ0n) is 11.3. The van der Waals surface area contributed by atoms with Crippen LogP contribution >= 0.6 is 0 Å². The summed E-state index contributed by atoms with van der Waals surface area (Å²) in [7, 11) is 0. The molecule has 0 saturated heterocycles. The number of rotatable bonds is 7. The Kier molecular flexibility index (Phi) is 7.00. The molecule has 0 saturated carbocycles. The summed E-state index contributed by atoms with van der Waals surface area (Å²) < 4.78 is 0. The van der Waals surface area contributed by atoms with Gasteiger partial charge in [-0.1, -0.05) is 27.7 Å². The third kappa shape index (κ3) is 6.88. The Bertz CT molecular complexity index is 313. The van der Waals surface area contributed by atoms with Crippen molar-refractivity contribution in [3.63, 3.8) is 0 Å². The van der Waals surface area contributed by atoms with Crippen LogP contribution in [0.2, 0.25) is 0 Å². The molecule has 0 rings (SSSR count). The first-order valence-corrected chi connectivity index (χ1v) is 6.04. The maximum Gasteiger partial charge on any atom is 0.326 e. The lowest BCUT2D eigenvalue weighted by Crippen LogP contribution is -2.46. The van der Waals surface area contributed by atoms with Crippen molar-refractivity contribution in [2.24, 2.45) is 11.8 Å². The number of aliphatic carboxylic acids is 1. The van der Waals surface area contributed by atoms with Gasteiger partial charge in [0.15, 0.2) is 0 Å². The van der Waals surface area contributed by atoms with Crippen LogP contribution in [0.5, 0.6) is 0 Å². The minimum atomic E-state index is -1.06. The van der Waals surface area contributed by atoms with E-state index in [0.29, 0.717) is 6.42 Å². The fourth-order valence-corrected chi connectivity index (χ4v) is 1.31. The minimum absolute atomic E-state index is 0.164. The number of hydrogen-bond donors (Lipinski definition) is 3. The molecule has 0 spiro atoms. The van der Waals surface area contributed by atoms with Crippen LogP contribution in [0, 0.1) is 11.8 Å². The summed E-state index contributed by atoms with van der Waals surface area (Å²) in [6, 6.07) is -0.909. The number of hydrogen-bond acceptors (Lipinski definition) is 3. The molecule has 0 aliphatic heterocycles. The van der Waals surface area contributed by atoms with Crippen LogP contribution in [0.4, 0.5) is 0 Å². The Morgan fingerprint density at radius 2 is 1.67 bits per heavy atom. The van der Waals surface area contributed by atoms with Gasteiger partial charge in [-0.15, -0.1) is 0 Å². The number of amides is 2. The van der Waals surface area contributed by atoms with E-state index in [0.717, 1.165) is 0 Å². The normalized spacial score (nSPS) is 12.3. The molecule has 1 atom stereocenters. The Balaban J connectivity index is 4.18. The SMILES string of the molecule is CC(C)CC(NC(=O)CNC(=O)C(C)C)C(=O)O. The maximum atomic E-state index is 11.5. The highest BCUT2D eigenvalue weighted by atomic mass is 16.4. The molecule has 0 aliphatic rings. The van der Waals surface area contributed by atoms with Gasteiger partial charge in [-0.2, -0.15) is 0 Å². The highest BCUT2D eigenvalue weighted by Gasteiger charge is 2.21. The number of carboxylic acid groups (broad SMARTS) is 1. The van der Waals surface area contributed by atoms with Crippen LogP contribution in [0.1, 0.15) is 34.1 Å². The molecule has 0 aromatic heterocycles. The van der Waals surface area contributed by atoms with Crippen LogP contribution in [-0.2, 0) is 14.4 Å². The lowest BCUT2D eigenvalue weighted by molar-refractivity contribution is -0.142. The molecule has 0 aliphatic carbocycles. The van der Waals surface area contributed by atoms with Gasteiger partial charge in [0.05, 0.1) is 6.54 Å². The van der Waals surface area contributed by atoms with Gasteiger partial charge in [-0.05, 0) is 12.3 Å². The summed E-state index contributed by atoms with van der Waals surface area (Å²) in [5, 5.41) is 13.8. The van der Waals surface area contributed by atoms with Crippen molar-refractivity contribution in [3.05, 3.63) is 0 Å². The molecule has 6 nitrogen and oxygen atoms in total. The Labute approximate surface area is 107 Å². The largest absolute Gasteiger partial charge is 0.480 e. The van der Waals surface area contributed by atoms with E-state index in [4.69, 9.17) is 5.11 Å². The summed E-state index contributed by atoms with van der Waals surface area (Å²) in [6.45, 7) is 6.99. The third-order valence-electron chi connectivity index (χ3n) is 2.29. The molecule has 0 aromatic carbocycles. The molecule has 0 radical (unpaired) electrons. The molecule has 2 amide bonds. The number of carboxylic acids is 1. The van der Waals surface area contributed by atoms with Crippen molar-refractivity contribution < 1.29 is 19.5 Å². The minimum Gasteiger partial charge on any atom is -0.480 e. The van der Waals surface area contributed by atoms with Crippen LogP contribution < -0.4 is 10.6 Å². The van der Waals surface area contributed by atoms with Gasteiger partial charge in [-0.25, -0.2) is 4.79 Å². The van der Waals surface area contributed by atoms with Gasteiger partial charge in [0.25, 0.3) is 0 Å². The maximum absolute atomic E-state index is 11.5. The van der Waals surface area contributed by atoms with Crippen LogP contribution in [-0.4, -0.2) is 35.5 Å². The molecule has 0 heterocycles. The van der Waals surface area contributed by atoms with Crippen molar-refractivity contribution in [1.29, 1.82) is 0 Å². The Morgan fingerprint density at radius 1 is 1.11 bits per heavy atom. The van der Waals surface area contributed by atoms with E-state index in [1.807, 2.05) is 13.8 Å². The Morgan fingerprint density at radius 3 is 2.06 bits per heavy atom. The van der Waals surface area contributed by atoms with Crippen molar-refractivity contribution in [3.8, 4) is 0 Å². The smallest absolute Gasteiger partial charge is 0.326 e. The zero-order chi connectivity index (χ0) is 14.3. The lowest BCUT2D eigenvalue weighted by atomic mass is 10.0. The average molecular weight is 258 g/mol. The van der Waals surface area contributed by atoms with Gasteiger partial charge in [0, 0.05) is 5.92 Å². The Hall–Kier alpha value is -1.59. The average Bonchev–Trinajstić information content (AvgIpc) is 2.23. The number of carbonyl (C=O) groups is 3. The quantitative estimate of drug-likeness (QED) is 0.615. The first-order valence-electron chi connectivity index (χ1n) is 6.04. The van der Waals surface area contributed by atoms with E-state index in [-0.39, 0.29) is 24.3 Å². The summed E-state index contributed by atoms with van der Waals surface area (Å²) in [5.74, 6) is -1.83. The van der Waals surface area contributed by atoms with Crippen molar-refractivity contribution in [2.75, 3.05) is 6.54 Å². The van der Waals surface area contributed by atoms with E-state index in [9.17, 15) is 14.4 Å². The fraction of sp³-hybridized carbons (Fsp3) is 0.750. The first kappa shape index (κ1) is 16.4. The zero-order valence-corrected chi connectivity index (χ0v) is 11.3. The molecule has 1 unspecified atom stereocenters. The number of carbonyl (C=O) groups excluding carboxylic acids is 2. The molecule has 104 valence electrons. The second-order valence-corrected chi connectivity index (χ2v) is 4.96. The highest BCUT2D eigenvalue weighted by molar-refractivity contribution is 5.88. The second-order valence-electron chi connectivity index (χ2n) is 4.96. The predicted octanol–water partition coefficient (Wildman–Crippen LogP) is 0.374. The van der Waals surface area contributed by atoms with Crippen molar-refractivity contribution in [2.45, 2.75) is 40.2 Å². The molecule has 3 N–H and O–H groups in total. The fourth-order valence-electron chi connectivity index (χ4n) is 1.31.